The maximum Gasteiger partial charge on any atom is 0.0500 e. The van der Waals surface area contributed by atoms with Crippen molar-refractivity contribution in [2.75, 3.05) is 5.73 Å². The molecule has 3 heteroatoms. The van der Waals surface area contributed by atoms with E-state index in [0.29, 0.717) is 5.69 Å². The van der Waals surface area contributed by atoms with Gasteiger partial charge in [-0.2, -0.15) is 0 Å². The van der Waals surface area contributed by atoms with Crippen LogP contribution in [0.3, 0.4) is 0 Å². The molecule has 0 aromatic carbocycles. The molecule has 2 N–H and O–H groups in total. The quantitative estimate of drug-likeness (QED) is 0.686. The van der Waals surface area contributed by atoms with Crippen LogP contribution in [0.5, 0.6) is 0 Å². The number of hydrogen-bond acceptors (Lipinski definition) is 3. The molecule has 2 aromatic rings. The largest absolute Gasteiger partial charge is 0.397 e. The van der Waals surface area contributed by atoms with Crippen LogP contribution in [0.1, 0.15) is 5.56 Å². The number of aromatic nitrogens is 2. The molecule has 14 heavy (non-hydrogen) atoms. The van der Waals surface area contributed by atoms with E-state index in [-0.39, 0.29) is 0 Å². The predicted octanol–water partition coefficient (Wildman–Crippen LogP) is 2.05. The van der Waals surface area contributed by atoms with Gasteiger partial charge in [-0.05, 0) is 30.7 Å². The minimum atomic E-state index is 0.711. The van der Waals surface area contributed by atoms with Gasteiger partial charge in [-0.15, -0.1) is 0 Å². The van der Waals surface area contributed by atoms with Crippen LogP contribution < -0.4 is 5.73 Å². The molecule has 3 nitrogen and oxygen atoms in total. The fraction of sp³-hybridized carbons (Fsp3) is 0.0909. The summed E-state index contributed by atoms with van der Waals surface area (Å²) in [4.78, 5) is 7.64. The second-order valence-electron chi connectivity index (χ2n) is 2.82. The van der Waals surface area contributed by atoms with E-state index in [2.05, 4.69) is 9.97 Å². The van der Waals surface area contributed by atoms with E-state index in [9.17, 15) is 0 Å². The molecule has 0 spiro atoms. The average Bonchev–Trinajstić information content (AvgIpc) is 2.21. The van der Waals surface area contributed by atoms with Crippen molar-refractivity contribution in [2.24, 2.45) is 0 Å². The second kappa shape index (κ2) is 5.70. The zero-order valence-electron chi connectivity index (χ0n) is 8.09. The number of hydrogen-bond donors (Lipinski definition) is 1. The first-order valence-corrected chi connectivity index (χ1v) is 4.31. The molecular formula is C11H13N3. The van der Waals surface area contributed by atoms with Crippen LogP contribution in [-0.2, 0) is 0 Å². The number of nitrogen functional groups attached to an aromatic ring is 1. The number of nitrogens with two attached hydrogens (primary N) is 1. The summed E-state index contributed by atoms with van der Waals surface area (Å²) in [5.41, 5.74) is 7.22. The fourth-order valence-corrected chi connectivity index (χ4v) is 0.824. The van der Waals surface area contributed by atoms with Gasteiger partial charge in [0.05, 0.1) is 5.69 Å². The van der Waals surface area contributed by atoms with Gasteiger partial charge in [-0.25, -0.2) is 0 Å². The van der Waals surface area contributed by atoms with Crippen molar-refractivity contribution < 1.29 is 0 Å². The molecule has 2 rings (SSSR count). The highest BCUT2D eigenvalue weighted by atomic mass is 14.7. The molecule has 0 aliphatic rings. The molecule has 0 radical (unpaired) electrons. The lowest BCUT2D eigenvalue weighted by molar-refractivity contribution is 1.27. The van der Waals surface area contributed by atoms with Gasteiger partial charge in [0.1, 0.15) is 0 Å². The minimum absolute atomic E-state index is 0.711. The molecular weight excluding hydrogens is 174 g/mol. The molecule has 2 aromatic heterocycles. The molecule has 72 valence electrons. The molecule has 0 unspecified atom stereocenters. The van der Waals surface area contributed by atoms with E-state index < -0.39 is 0 Å². The third-order valence-electron chi connectivity index (χ3n) is 1.49. The van der Waals surface area contributed by atoms with Crippen LogP contribution in [0.2, 0.25) is 0 Å². The predicted molar refractivity (Wildman–Crippen MR) is 57.6 cm³/mol. The normalized spacial score (nSPS) is 8.64. The number of pyridine rings is 2. The number of rotatable bonds is 0. The van der Waals surface area contributed by atoms with Gasteiger partial charge in [-0.1, -0.05) is 6.07 Å². The van der Waals surface area contributed by atoms with E-state index in [1.54, 1.807) is 30.7 Å². The Kier molecular flexibility index (Phi) is 4.14. The molecule has 2 heterocycles. The summed E-state index contributed by atoms with van der Waals surface area (Å²) in [6.07, 6.45) is 6.91. The molecule has 0 bridgehead atoms. The molecule has 0 atom stereocenters. The van der Waals surface area contributed by atoms with Crippen molar-refractivity contribution >= 4 is 5.69 Å². The van der Waals surface area contributed by atoms with Gasteiger partial charge in [0.15, 0.2) is 0 Å². The van der Waals surface area contributed by atoms with Crippen molar-refractivity contribution in [1.29, 1.82) is 0 Å². The average molecular weight is 187 g/mol. The Bertz CT molecular complexity index is 308. The summed E-state index contributed by atoms with van der Waals surface area (Å²) in [5, 5.41) is 0. The zero-order valence-corrected chi connectivity index (χ0v) is 8.09. The Morgan fingerprint density at radius 1 is 1.00 bits per heavy atom. The summed E-state index contributed by atoms with van der Waals surface area (Å²) >= 11 is 0. The first-order valence-electron chi connectivity index (χ1n) is 4.31. The first-order chi connectivity index (χ1) is 6.79. The number of anilines is 1. The van der Waals surface area contributed by atoms with Gasteiger partial charge < -0.3 is 5.73 Å². The monoisotopic (exact) mass is 187 g/mol. The molecule has 0 aliphatic heterocycles. The Morgan fingerprint density at radius 2 is 1.64 bits per heavy atom. The van der Waals surface area contributed by atoms with Crippen LogP contribution in [0.25, 0.3) is 0 Å². The maximum absolute atomic E-state index is 5.30. The standard InChI is InChI=1S/C6H7N.C5H6N2/c1-6-3-2-4-7-5-6;6-5-2-1-3-7-4-5/h2-5H,1H3;1-4H,6H2. The second-order valence-corrected chi connectivity index (χ2v) is 2.82. The highest BCUT2D eigenvalue weighted by Crippen LogP contribution is 1.92. The maximum atomic E-state index is 5.30. The van der Waals surface area contributed by atoms with E-state index in [1.165, 1.54) is 5.56 Å². The van der Waals surface area contributed by atoms with Gasteiger partial charge in [0.25, 0.3) is 0 Å². The van der Waals surface area contributed by atoms with Crippen LogP contribution in [-0.4, -0.2) is 9.97 Å². The summed E-state index contributed by atoms with van der Waals surface area (Å²) in [5.74, 6) is 0. The van der Waals surface area contributed by atoms with Gasteiger partial charge in [0, 0.05) is 24.8 Å². The lowest BCUT2D eigenvalue weighted by atomic mass is 10.3. The van der Waals surface area contributed by atoms with E-state index in [1.807, 2.05) is 25.3 Å². The lowest BCUT2D eigenvalue weighted by Gasteiger charge is -1.83. The van der Waals surface area contributed by atoms with E-state index in [0.717, 1.165) is 0 Å². The molecule has 0 amide bonds. The third kappa shape index (κ3) is 4.21. The molecule has 0 saturated heterocycles. The van der Waals surface area contributed by atoms with E-state index >= 15 is 0 Å². The summed E-state index contributed by atoms with van der Waals surface area (Å²) < 4.78 is 0. The third-order valence-corrected chi connectivity index (χ3v) is 1.49. The number of aryl methyl sites for hydroxylation is 1. The highest BCUT2D eigenvalue weighted by molar-refractivity contribution is 5.32. The zero-order chi connectivity index (χ0) is 10.2. The number of nitrogens with zero attached hydrogens (tertiary/aromatic N) is 2. The lowest BCUT2D eigenvalue weighted by Crippen LogP contribution is -1.82. The summed E-state index contributed by atoms with van der Waals surface area (Å²) in [6.45, 7) is 2.02. The smallest absolute Gasteiger partial charge is 0.0500 e. The SMILES string of the molecule is Cc1cccnc1.Nc1cccnc1. The van der Waals surface area contributed by atoms with Crippen LogP contribution in [0.15, 0.2) is 49.1 Å². The molecule has 0 fully saturated rings. The fourth-order valence-electron chi connectivity index (χ4n) is 0.824. The highest BCUT2D eigenvalue weighted by Gasteiger charge is 1.73. The van der Waals surface area contributed by atoms with Crippen molar-refractivity contribution in [3.8, 4) is 0 Å². The van der Waals surface area contributed by atoms with Gasteiger partial charge in [-0.3, -0.25) is 9.97 Å². The Morgan fingerprint density at radius 3 is 1.86 bits per heavy atom. The van der Waals surface area contributed by atoms with Crippen LogP contribution in [0.4, 0.5) is 5.69 Å². The first kappa shape index (κ1) is 10.2. The van der Waals surface area contributed by atoms with Gasteiger partial charge in [0.2, 0.25) is 0 Å². The van der Waals surface area contributed by atoms with Crippen molar-refractivity contribution in [2.45, 2.75) is 6.92 Å². The topological polar surface area (TPSA) is 51.8 Å². The van der Waals surface area contributed by atoms with Crippen molar-refractivity contribution in [1.82, 2.24) is 9.97 Å². The van der Waals surface area contributed by atoms with Crippen molar-refractivity contribution in [3.63, 3.8) is 0 Å². The summed E-state index contributed by atoms with van der Waals surface area (Å²) in [7, 11) is 0. The molecule has 0 saturated carbocycles. The molecule has 0 aliphatic carbocycles. The Hall–Kier alpha value is -1.90. The van der Waals surface area contributed by atoms with Crippen molar-refractivity contribution in [3.05, 3.63) is 54.6 Å². The Labute approximate surface area is 83.6 Å². The van der Waals surface area contributed by atoms with Crippen LogP contribution >= 0.6 is 0 Å². The summed E-state index contributed by atoms with van der Waals surface area (Å²) in [6, 6.07) is 7.55. The Balaban J connectivity index is 0.000000140. The van der Waals surface area contributed by atoms with E-state index in [4.69, 9.17) is 5.73 Å². The minimum Gasteiger partial charge on any atom is -0.397 e. The van der Waals surface area contributed by atoms with Gasteiger partial charge >= 0.3 is 0 Å². The van der Waals surface area contributed by atoms with Crippen LogP contribution in [0, 0.1) is 6.92 Å².